The van der Waals surface area contributed by atoms with Crippen LogP contribution in [0, 0.1) is 11.8 Å². The lowest BCUT2D eigenvalue weighted by Gasteiger charge is -2.43. The van der Waals surface area contributed by atoms with Gasteiger partial charge in [-0.15, -0.1) is 0 Å². The molecule has 5 nitrogen and oxygen atoms in total. The first-order valence-corrected chi connectivity index (χ1v) is 13.4. The SMILES string of the molecule is c1cc(N2CCCCCC2)nc(NC2CCCCN(C3CCC4CCCCC4C3)C2)n1. The molecule has 0 radical (unpaired) electrons. The summed E-state index contributed by atoms with van der Waals surface area (Å²) >= 11 is 0. The molecule has 4 fully saturated rings. The van der Waals surface area contributed by atoms with E-state index in [1.165, 1.54) is 103 Å². The third-order valence-electron chi connectivity index (χ3n) is 8.64. The minimum absolute atomic E-state index is 0.478. The first-order valence-electron chi connectivity index (χ1n) is 13.4. The molecule has 0 amide bonds. The number of likely N-dealkylation sites (tertiary alicyclic amines) is 1. The number of nitrogens with one attached hydrogen (secondary N) is 1. The number of nitrogens with zero attached hydrogens (tertiary/aromatic N) is 4. The fourth-order valence-corrected chi connectivity index (χ4v) is 6.88. The van der Waals surface area contributed by atoms with Crippen molar-refractivity contribution in [3.8, 4) is 0 Å². The molecule has 5 rings (SSSR count). The molecule has 172 valence electrons. The van der Waals surface area contributed by atoms with Gasteiger partial charge in [-0.25, -0.2) is 4.98 Å². The lowest BCUT2D eigenvalue weighted by atomic mass is 9.69. The molecule has 2 aliphatic carbocycles. The normalized spacial score (nSPS) is 33.2. The number of aromatic nitrogens is 2. The van der Waals surface area contributed by atoms with Crippen LogP contribution in [0.2, 0.25) is 0 Å². The zero-order valence-corrected chi connectivity index (χ0v) is 19.5. The van der Waals surface area contributed by atoms with E-state index in [-0.39, 0.29) is 0 Å². The predicted molar refractivity (Wildman–Crippen MR) is 129 cm³/mol. The van der Waals surface area contributed by atoms with Crippen molar-refractivity contribution in [1.82, 2.24) is 14.9 Å². The van der Waals surface area contributed by atoms with E-state index < -0.39 is 0 Å². The molecule has 0 spiro atoms. The zero-order chi connectivity index (χ0) is 20.9. The van der Waals surface area contributed by atoms with Crippen LogP contribution in [0.1, 0.15) is 89.9 Å². The quantitative estimate of drug-likeness (QED) is 0.692. The molecule has 2 saturated heterocycles. The van der Waals surface area contributed by atoms with Crippen molar-refractivity contribution >= 4 is 11.8 Å². The van der Waals surface area contributed by atoms with Crippen molar-refractivity contribution in [2.45, 2.75) is 102 Å². The lowest BCUT2D eigenvalue weighted by Crippen LogP contribution is -2.46. The van der Waals surface area contributed by atoms with Crippen molar-refractivity contribution in [1.29, 1.82) is 0 Å². The Balaban J connectivity index is 1.21. The van der Waals surface area contributed by atoms with Crippen LogP contribution in [0.15, 0.2) is 12.3 Å². The topological polar surface area (TPSA) is 44.3 Å². The Morgan fingerprint density at radius 3 is 2.42 bits per heavy atom. The van der Waals surface area contributed by atoms with Crippen LogP contribution < -0.4 is 10.2 Å². The molecular weight excluding hydrogens is 382 g/mol. The van der Waals surface area contributed by atoms with E-state index in [4.69, 9.17) is 4.98 Å². The number of hydrogen-bond donors (Lipinski definition) is 1. The molecule has 0 bridgehead atoms. The van der Waals surface area contributed by atoms with Gasteiger partial charge in [0.1, 0.15) is 5.82 Å². The van der Waals surface area contributed by atoms with Gasteiger partial charge in [0, 0.05) is 37.9 Å². The second-order valence-corrected chi connectivity index (χ2v) is 10.7. The van der Waals surface area contributed by atoms with Gasteiger partial charge >= 0.3 is 0 Å². The molecule has 4 atom stereocenters. The van der Waals surface area contributed by atoms with E-state index >= 15 is 0 Å². The summed E-state index contributed by atoms with van der Waals surface area (Å²) in [6.45, 7) is 4.73. The van der Waals surface area contributed by atoms with Gasteiger partial charge in [-0.2, -0.15) is 4.98 Å². The highest BCUT2D eigenvalue weighted by Crippen LogP contribution is 2.42. The van der Waals surface area contributed by atoms with Crippen LogP contribution in [0.25, 0.3) is 0 Å². The molecule has 1 N–H and O–H groups in total. The van der Waals surface area contributed by atoms with Crippen molar-refractivity contribution in [2.24, 2.45) is 11.8 Å². The van der Waals surface area contributed by atoms with Gasteiger partial charge in [-0.05, 0) is 69.4 Å². The summed E-state index contributed by atoms with van der Waals surface area (Å²) in [4.78, 5) is 14.8. The van der Waals surface area contributed by atoms with Gasteiger partial charge in [0.2, 0.25) is 5.95 Å². The molecule has 2 aliphatic heterocycles. The summed E-state index contributed by atoms with van der Waals surface area (Å²) in [5, 5.41) is 3.75. The summed E-state index contributed by atoms with van der Waals surface area (Å²) in [5.74, 6) is 4.00. The van der Waals surface area contributed by atoms with Gasteiger partial charge in [-0.1, -0.05) is 44.9 Å². The van der Waals surface area contributed by atoms with Crippen molar-refractivity contribution in [2.75, 3.05) is 36.4 Å². The van der Waals surface area contributed by atoms with E-state index in [1.54, 1.807) is 0 Å². The molecule has 5 heteroatoms. The number of rotatable bonds is 4. The van der Waals surface area contributed by atoms with Gasteiger partial charge in [0.15, 0.2) is 0 Å². The molecule has 4 unspecified atom stereocenters. The number of anilines is 2. The van der Waals surface area contributed by atoms with Crippen LogP contribution in [-0.2, 0) is 0 Å². The van der Waals surface area contributed by atoms with Crippen LogP contribution in [-0.4, -0.2) is 53.1 Å². The number of fused-ring (bicyclic) bond motifs is 1. The molecule has 0 aromatic carbocycles. The van der Waals surface area contributed by atoms with Crippen LogP contribution in [0.5, 0.6) is 0 Å². The molecule has 2 saturated carbocycles. The Bertz CT molecular complexity index is 686. The van der Waals surface area contributed by atoms with Crippen molar-refractivity contribution in [3.63, 3.8) is 0 Å². The zero-order valence-electron chi connectivity index (χ0n) is 19.5. The van der Waals surface area contributed by atoms with Gasteiger partial charge < -0.3 is 10.2 Å². The Hall–Kier alpha value is -1.36. The molecule has 1 aromatic rings. The molecule has 31 heavy (non-hydrogen) atoms. The van der Waals surface area contributed by atoms with Crippen molar-refractivity contribution < 1.29 is 0 Å². The van der Waals surface area contributed by atoms with E-state index in [9.17, 15) is 0 Å². The molecule has 3 heterocycles. The summed E-state index contributed by atoms with van der Waals surface area (Å²) in [5.41, 5.74) is 0. The highest BCUT2D eigenvalue weighted by Gasteiger charge is 2.35. The van der Waals surface area contributed by atoms with Crippen molar-refractivity contribution in [3.05, 3.63) is 12.3 Å². The smallest absolute Gasteiger partial charge is 0.224 e. The fraction of sp³-hybridized carbons (Fsp3) is 0.846. The predicted octanol–water partition coefficient (Wildman–Crippen LogP) is 5.48. The average molecular weight is 426 g/mol. The third-order valence-corrected chi connectivity index (χ3v) is 8.64. The Morgan fingerprint density at radius 1 is 0.774 bits per heavy atom. The van der Waals surface area contributed by atoms with Crippen LogP contribution >= 0.6 is 0 Å². The van der Waals surface area contributed by atoms with E-state index in [0.29, 0.717) is 6.04 Å². The first kappa shape index (κ1) is 21.5. The fourth-order valence-electron chi connectivity index (χ4n) is 6.88. The maximum Gasteiger partial charge on any atom is 0.224 e. The maximum absolute atomic E-state index is 4.94. The summed E-state index contributed by atoms with van der Waals surface area (Å²) in [6.07, 6.45) is 21.5. The van der Waals surface area contributed by atoms with E-state index in [2.05, 4.69) is 26.2 Å². The lowest BCUT2D eigenvalue weighted by molar-refractivity contribution is 0.0745. The summed E-state index contributed by atoms with van der Waals surface area (Å²) in [7, 11) is 0. The third kappa shape index (κ3) is 5.53. The minimum atomic E-state index is 0.478. The first-order chi connectivity index (χ1) is 15.3. The average Bonchev–Trinajstić information content (AvgIpc) is 3.22. The summed E-state index contributed by atoms with van der Waals surface area (Å²) < 4.78 is 0. The highest BCUT2D eigenvalue weighted by molar-refractivity contribution is 5.43. The van der Waals surface area contributed by atoms with Crippen LogP contribution in [0.4, 0.5) is 11.8 Å². The maximum atomic E-state index is 4.94. The number of hydrogen-bond acceptors (Lipinski definition) is 5. The Kier molecular flexibility index (Phi) is 7.28. The second kappa shape index (κ2) is 10.5. The Morgan fingerprint density at radius 2 is 1.55 bits per heavy atom. The largest absolute Gasteiger partial charge is 0.356 e. The van der Waals surface area contributed by atoms with E-state index in [0.717, 1.165) is 42.7 Å². The minimum Gasteiger partial charge on any atom is -0.356 e. The molecule has 1 aromatic heterocycles. The Labute approximate surface area is 189 Å². The molecular formula is C26H43N5. The van der Waals surface area contributed by atoms with Gasteiger partial charge in [0.05, 0.1) is 0 Å². The monoisotopic (exact) mass is 425 g/mol. The van der Waals surface area contributed by atoms with Gasteiger partial charge in [0.25, 0.3) is 0 Å². The highest BCUT2D eigenvalue weighted by atomic mass is 15.2. The van der Waals surface area contributed by atoms with E-state index in [1.807, 2.05) is 6.20 Å². The standard InChI is InChI=1S/C26H43N5/c1-2-7-17-30(16-6-1)25-14-15-27-26(29-25)28-23-11-5-8-18-31(20-23)24-13-12-21-9-3-4-10-22(21)19-24/h14-15,21-24H,1-13,16-20H2,(H,27,28,29). The molecule has 4 aliphatic rings. The van der Waals surface area contributed by atoms with Gasteiger partial charge in [-0.3, -0.25) is 4.90 Å². The van der Waals surface area contributed by atoms with Crippen LogP contribution in [0.3, 0.4) is 0 Å². The summed E-state index contributed by atoms with van der Waals surface area (Å²) in [6, 6.07) is 3.38. The second-order valence-electron chi connectivity index (χ2n) is 10.7.